The minimum Gasteiger partial charge on any atom is -0.355 e. The van der Waals surface area contributed by atoms with Gasteiger partial charge in [-0.15, -0.1) is 0 Å². The zero-order chi connectivity index (χ0) is 11.2. The van der Waals surface area contributed by atoms with Gasteiger partial charge in [0.15, 0.2) is 0 Å². The topological polar surface area (TPSA) is 52.9 Å². The van der Waals surface area contributed by atoms with E-state index < -0.39 is 5.41 Å². The van der Waals surface area contributed by atoms with E-state index in [-0.39, 0.29) is 5.91 Å². The molecule has 0 atom stereocenters. The lowest BCUT2D eigenvalue weighted by Gasteiger charge is -2.15. The number of hydrogen-bond acceptors (Lipinski definition) is 2. The zero-order valence-corrected chi connectivity index (χ0v) is 9.55. The summed E-state index contributed by atoms with van der Waals surface area (Å²) in [6.07, 6.45) is 2.08. The molecule has 0 aliphatic heterocycles. The van der Waals surface area contributed by atoms with E-state index in [1.807, 2.05) is 6.07 Å². The Balaban J connectivity index is 3.72. The van der Waals surface area contributed by atoms with Crippen LogP contribution in [0, 0.1) is 22.7 Å². The van der Waals surface area contributed by atoms with Gasteiger partial charge in [0.1, 0.15) is 5.41 Å². The average molecular weight is 196 g/mol. The van der Waals surface area contributed by atoms with Gasteiger partial charge in [0.25, 0.3) is 0 Å². The maximum Gasteiger partial charge on any atom is 0.239 e. The molecule has 0 aromatic heterocycles. The van der Waals surface area contributed by atoms with Crippen molar-refractivity contribution < 1.29 is 4.79 Å². The Morgan fingerprint density at radius 3 is 2.50 bits per heavy atom. The van der Waals surface area contributed by atoms with E-state index in [1.54, 1.807) is 13.8 Å². The van der Waals surface area contributed by atoms with E-state index in [0.717, 1.165) is 12.8 Å². The van der Waals surface area contributed by atoms with Crippen molar-refractivity contribution in [1.29, 1.82) is 5.26 Å². The van der Waals surface area contributed by atoms with Crippen LogP contribution in [0.3, 0.4) is 0 Å². The Morgan fingerprint density at radius 2 is 2.07 bits per heavy atom. The van der Waals surface area contributed by atoms with E-state index in [9.17, 15) is 4.79 Å². The first-order valence-corrected chi connectivity index (χ1v) is 5.09. The van der Waals surface area contributed by atoms with Crippen LogP contribution in [-0.2, 0) is 4.79 Å². The predicted octanol–water partition coefficient (Wildman–Crippen LogP) is 2.09. The first-order valence-electron chi connectivity index (χ1n) is 5.09. The maximum absolute atomic E-state index is 11.4. The molecule has 80 valence electrons. The SMILES string of the molecule is CC(C)CCCNC(=O)C(C)(C)C#N. The summed E-state index contributed by atoms with van der Waals surface area (Å²) in [5, 5.41) is 11.5. The molecule has 0 saturated carbocycles. The summed E-state index contributed by atoms with van der Waals surface area (Å²) in [6, 6.07) is 1.98. The van der Waals surface area contributed by atoms with Crippen LogP contribution in [0.25, 0.3) is 0 Å². The van der Waals surface area contributed by atoms with Gasteiger partial charge in [-0.3, -0.25) is 4.79 Å². The lowest BCUT2D eigenvalue weighted by molar-refractivity contribution is -0.126. The average Bonchev–Trinajstić information content (AvgIpc) is 2.11. The molecule has 0 saturated heterocycles. The Bertz CT molecular complexity index is 226. The second-order valence-electron chi connectivity index (χ2n) is 4.53. The predicted molar refractivity (Wildman–Crippen MR) is 56.5 cm³/mol. The van der Waals surface area contributed by atoms with Gasteiger partial charge in [-0.25, -0.2) is 0 Å². The van der Waals surface area contributed by atoms with E-state index in [4.69, 9.17) is 5.26 Å². The summed E-state index contributed by atoms with van der Waals surface area (Å²) in [6.45, 7) is 8.24. The molecule has 0 radical (unpaired) electrons. The molecule has 0 aromatic carbocycles. The molecule has 0 aliphatic rings. The summed E-state index contributed by atoms with van der Waals surface area (Å²) in [5.41, 5.74) is -0.905. The van der Waals surface area contributed by atoms with Crippen molar-refractivity contribution >= 4 is 5.91 Å². The van der Waals surface area contributed by atoms with Crippen LogP contribution >= 0.6 is 0 Å². The van der Waals surface area contributed by atoms with E-state index in [1.165, 1.54) is 0 Å². The van der Waals surface area contributed by atoms with Gasteiger partial charge in [0.2, 0.25) is 5.91 Å². The smallest absolute Gasteiger partial charge is 0.239 e. The molecule has 0 unspecified atom stereocenters. The standard InChI is InChI=1S/C11H20N2O/c1-9(2)6-5-7-13-10(14)11(3,4)8-12/h9H,5-7H2,1-4H3,(H,13,14). The highest BCUT2D eigenvalue weighted by atomic mass is 16.2. The van der Waals surface area contributed by atoms with Gasteiger partial charge in [0, 0.05) is 6.54 Å². The van der Waals surface area contributed by atoms with Crippen molar-refractivity contribution in [3.8, 4) is 6.07 Å². The third kappa shape index (κ3) is 4.86. The Labute approximate surface area is 86.5 Å². The number of amides is 1. The molecular formula is C11H20N2O. The molecule has 1 N–H and O–H groups in total. The summed E-state index contributed by atoms with van der Waals surface area (Å²) < 4.78 is 0. The molecule has 1 amide bonds. The van der Waals surface area contributed by atoms with Crippen molar-refractivity contribution in [2.45, 2.75) is 40.5 Å². The van der Waals surface area contributed by atoms with Gasteiger partial charge in [-0.2, -0.15) is 5.26 Å². The van der Waals surface area contributed by atoms with Gasteiger partial charge < -0.3 is 5.32 Å². The van der Waals surface area contributed by atoms with Crippen molar-refractivity contribution in [1.82, 2.24) is 5.32 Å². The summed E-state index contributed by atoms with van der Waals surface area (Å²) in [7, 11) is 0. The molecule has 0 aliphatic carbocycles. The fourth-order valence-corrected chi connectivity index (χ4v) is 0.984. The second kappa shape index (κ2) is 5.64. The third-order valence-electron chi connectivity index (χ3n) is 2.09. The lowest BCUT2D eigenvalue weighted by atomic mass is 9.95. The minimum absolute atomic E-state index is 0.177. The van der Waals surface area contributed by atoms with Gasteiger partial charge in [-0.1, -0.05) is 13.8 Å². The van der Waals surface area contributed by atoms with Crippen molar-refractivity contribution in [3.05, 3.63) is 0 Å². The zero-order valence-electron chi connectivity index (χ0n) is 9.55. The Hall–Kier alpha value is -1.04. The van der Waals surface area contributed by atoms with Crippen LogP contribution in [-0.4, -0.2) is 12.5 Å². The summed E-state index contributed by atoms with van der Waals surface area (Å²) in [4.78, 5) is 11.4. The monoisotopic (exact) mass is 196 g/mol. The molecule has 3 nitrogen and oxygen atoms in total. The largest absolute Gasteiger partial charge is 0.355 e. The highest BCUT2D eigenvalue weighted by Gasteiger charge is 2.26. The van der Waals surface area contributed by atoms with Gasteiger partial charge in [0.05, 0.1) is 6.07 Å². The summed E-state index contributed by atoms with van der Waals surface area (Å²) in [5.74, 6) is 0.486. The molecule has 0 bridgehead atoms. The molecule has 3 heteroatoms. The minimum atomic E-state index is -0.905. The highest BCUT2D eigenvalue weighted by Crippen LogP contribution is 2.12. The van der Waals surface area contributed by atoms with Crippen molar-refractivity contribution in [2.24, 2.45) is 11.3 Å². The number of nitriles is 1. The Morgan fingerprint density at radius 1 is 1.50 bits per heavy atom. The molecule has 14 heavy (non-hydrogen) atoms. The van der Waals surface area contributed by atoms with Gasteiger partial charge in [-0.05, 0) is 32.6 Å². The number of hydrogen-bond donors (Lipinski definition) is 1. The first-order chi connectivity index (χ1) is 6.40. The maximum atomic E-state index is 11.4. The number of nitrogens with one attached hydrogen (secondary N) is 1. The third-order valence-corrected chi connectivity index (χ3v) is 2.09. The second-order valence-corrected chi connectivity index (χ2v) is 4.53. The van der Waals surface area contributed by atoms with Crippen LogP contribution in [0.5, 0.6) is 0 Å². The number of rotatable bonds is 5. The van der Waals surface area contributed by atoms with Crippen molar-refractivity contribution in [2.75, 3.05) is 6.54 Å². The molecule has 0 rings (SSSR count). The molecule has 0 aromatic rings. The van der Waals surface area contributed by atoms with E-state index in [2.05, 4.69) is 19.2 Å². The van der Waals surface area contributed by atoms with Crippen LogP contribution in [0.4, 0.5) is 0 Å². The van der Waals surface area contributed by atoms with Gasteiger partial charge >= 0.3 is 0 Å². The van der Waals surface area contributed by atoms with Crippen LogP contribution in [0.1, 0.15) is 40.5 Å². The fraction of sp³-hybridized carbons (Fsp3) is 0.818. The van der Waals surface area contributed by atoms with E-state index >= 15 is 0 Å². The normalized spacial score (nSPS) is 11.1. The van der Waals surface area contributed by atoms with Crippen LogP contribution < -0.4 is 5.32 Å². The first kappa shape index (κ1) is 13.0. The fourth-order valence-electron chi connectivity index (χ4n) is 0.984. The lowest BCUT2D eigenvalue weighted by Crippen LogP contribution is -2.36. The quantitative estimate of drug-likeness (QED) is 0.684. The molecular weight excluding hydrogens is 176 g/mol. The number of nitrogens with zero attached hydrogens (tertiary/aromatic N) is 1. The van der Waals surface area contributed by atoms with E-state index in [0.29, 0.717) is 12.5 Å². The van der Waals surface area contributed by atoms with Crippen molar-refractivity contribution in [3.63, 3.8) is 0 Å². The molecule has 0 heterocycles. The number of carbonyl (C=O) groups is 1. The van der Waals surface area contributed by atoms with Crippen LogP contribution in [0.15, 0.2) is 0 Å². The highest BCUT2D eigenvalue weighted by molar-refractivity contribution is 5.84. The molecule has 0 fully saturated rings. The number of carbonyl (C=O) groups excluding carboxylic acids is 1. The Kier molecular flexibility index (Phi) is 5.22. The van der Waals surface area contributed by atoms with Crippen LogP contribution in [0.2, 0.25) is 0 Å². The summed E-state index contributed by atoms with van der Waals surface area (Å²) >= 11 is 0. The molecule has 0 spiro atoms.